The van der Waals surface area contributed by atoms with E-state index in [1.165, 1.54) is 15.4 Å². The zero-order chi connectivity index (χ0) is 19.8. The first kappa shape index (κ1) is 20.8. The number of nitrogens with one attached hydrogen (secondary N) is 1. The largest absolute Gasteiger partial charge is 0.379 e. The third-order valence-electron chi connectivity index (χ3n) is 5.09. The summed E-state index contributed by atoms with van der Waals surface area (Å²) in [6.07, 6.45) is 4.24. The van der Waals surface area contributed by atoms with Crippen LogP contribution >= 0.6 is 0 Å². The van der Waals surface area contributed by atoms with Gasteiger partial charge >= 0.3 is 0 Å². The number of nitrogens with zero attached hydrogens (tertiary/aromatic N) is 3. The third kappa shape index (κ3) is 5.80. The van der Waals surface area contributed by atoms with Gasteiger partial charge in [0.15, 0.2) is 5.96 Å². The molecule has 3 rings (SSSR count). The first-order chi connectivity index (χ1) is 13.6. The summed E-state index contributed by atoms with van der Waals surface area (Å²) in [5.41, 5.74) is 2.68. The molecule has 0 spiro atoms. The molecule has 8 heteroatoms. The minimum atomic E-state index is -3.25. The minimum Gasteiger partial charge on any atom is -0.379 e. The van der Waals surface area contributed by atoms with Gasteiger partial charge in [0.2, 0.25) is 10.0 Å². The highest BCUT2D eigenvalue weighted by atomic mass is 32.2. The Bertz CT molecular complexity index is 777. The Hall–Kier alpha value is -1.90. The van der Waals surface area contributed by atoms with E-state index >= 15 is 0 Å². The van der Waals surface area contributed by atoms with Crippen molar-refractivity contribution in [1.82, 2.24) is 14.5 Å². The molecule has 0 unspecified atom stereocenters. The summed E-state index contributed by atoms with van der Waals surface area (Å²) in [6.45, 7) is 3.96. The SMILES string of the molecule is CN=C(NCCS(=O)(=O)N1CCOCC1)N1CCC(=Cc2ccccc2)CC1. The number of hydrogen-bond acceptors (Lipinski definition) is 4. The molecule has 1 N–H and O–H groups in total. The van der Waals surface area contributed by atoms with Crippen molar-refractivity contribution in [3.8, 4) is 0 Å². The number of ether oxygens (including phenoxy) is 1. The number of sulfonamides is 1. The van der Waals surface area contributed by atoms with Gasteiger partial charge in [-0.25, -0.2) is 8.42 Å². The number of hydrogen-bond donors (Lipinski definition) is 1. The maximum atomic E-state index is 12.4. The molecule has 2 saturated heterocycles. The lowest BCUT2D eigenvalue weighted by atomic mass is 10.0. The topological polar surface area (TPSA) is 74.2 Å². The van der Waals surface area contributed by atoms with Crippen LogP contribution < -0.4 is 5.32 Å². The quantitative estimate of drug-likeness (QED) is 0.591. The molecule has 28 heavy (non-hydrogen) atoms. The molecular weight excluding hydrogens is 376 g/mol. The maximum absolute atomic E-state index is 12.4. The van der Waals surface area contributed by atoms with Gasteiger partial charge in [-0.05, 0) is 18.4 Å². The summed E-state index contributed by atoms with van der Waals surface area (Å²) in [7, 11) is -1.51. The van der Waals surface area contributed by atoms with Crippen molar-refractivity contribution < 1.29 is 13.2 Å². The number of rotatable bonds is 5. The van der Waals surface area contributed by atoms with Crippen LogP contribution in [0.2, 0.25) is 0 Å². The molecule has 1 aromatic rings. The highest BCUT2D eigenvalue weighted by Gasteiger charge is 2.24. The van der Waals surface area contributed by atoms with E-state index < -0.39 is 10.0 Å². The molecule has 0 atom stereocenters. The van der Waals surface area contributed by atoms with Crippen LogP contribution in [0.15, 0.2) is 40.9 Å². The van der Waals surface area contributed by atoms with Crippen LogP contribution in [0.4, 0.5) is 0 Å². The molecule has 2 aliphatic heterocycles. The molecule has 0 bridgehead atoms. The van der Waals surface area contributed by atoms with Crippen LogP contribution in [0, 0.1) is 0 Å². The zero-order valence-electron chi connectivity index (χ0n) is 16.5. The van der Waals surface area contributed by atoms with Crippen LogP contribution in [0.25, 0.3) is 6.08 Å². The van der Waals surface area contributed by atoms with Gasteiger partial charge in [0.05, 0.1) is 19.0 Å². The lowest BCUT2D eigenvalue weighted by Gasteiger charge is -2.32. The van der Waals surface area contributed by atoms with Crippen molar-refractivity contribution in [2.75, 3.05) is 58.7 Å². The molecule has 0 amide bonds. The number of benzene rings is 1. The lowest BCUT2D eigenvalue weighted by Crippen LogP contribution is -2.47. The molecule has 2 heterocycles. The van der Waals surface area contributed by atoms with Crippen LogP contribution in [0.3, 0.4) is 0 Å². The first-order valence-electron chi connectivity index (χ1n) is 9.84. The van der Waals surface area contributed by atoms with Crippen molar-refractivity contribution in [1.29, 1.82) is 0 Å². The average molecular weight is 407 g/mol. The van der Waals surface area contributed by atoms with E-state index in [0.29, 0.717) is 32.8 Å². The molecule has 2 aliphatic rings. The summed E-state index contributed by atoms with van der Waals surface area (Å²) in [5, 5.41) is 3.22. The fourth-order valence-electron chi connectivity index (χ4n) is 3.51. The standard InChI is InChI=1S/C20H30N4O3S/c1-21-20(22-9-16-28(25,26)24-12-14-27-15-13-24)23-10-7-19(8-11-23)17-18-5-3-2-4-6-18/h2-6,17H,7-16H2,1H3,(H,21,22). The first-order valence-corrected chi connectivity index (χ1v) is 11.4. The monoisotopic (exact) mass is 406 g/mol. The number of likely N-dealkylation sites (tertiary alicyclic amines) is 1. The summed E-state index contributed by atoms with van der Waals surface area (Å²) < 4.78 is 31.6. The highest BCUT2D eigenvalue weighted by molar-refractivity contribution is 7.89. The number of guanidine groups is 1. The van der Waals surface area contributed by atoms with Gasteiger partial charge in [0.1, 0.15) is 0 Å². The molecule has 154 valence electrons. The Labute approximate surface area is 168 Å². The lowest BCUT2D eigenvalue weighted by molar-refractivity contribution is 0.0730. The molecule has 2 fully saturated rings. The van der Waals surface area contributed by atoms with Gasteiger partial charge in [-0.2, -0.15) is 4.31 Å². The van der Waals surface area contributed by atoms with E-state index in [-0.39, 0.29) is 5.75 Å². The van der Waals surface area contributed by atoms with Gasteiger partial charge in [-0.1, -0.05) is 42.0 Å². The van der Waals surface area contributed by atoms with Gasteiger partial charge in [0.25, 0.3) is 0 Å². The second kappa shape index (κ2) is 10.0. The second-order valence-electron chi connectivity index (χ2n) is 7.00. The normalized spacial score (nSPS) is 19.5. The van der Waals surface area contributed by atoms with Crippen LogP contribution in [0.1, 0.15) is 18.4 Å². The van der Waals surface area contributed by atoms with E-state index in [1.807, 2.05) is 6.07 Å². The van der Waals surface area contributed by atoms with Crippen molar-refractivity contribution in [3.05, 3.63) is 41.5 Å². The fourth-order valence-corrected chi connectivity index (χ4v) is 4.84. The number of morpholine rings is 1. The third-order valence-corrected chi connectivity index (χ3v) is 6.97. The van der Waals surface area contributed by atoms with E-state index in [2.05, 4.69) is 45.6 Å². The summed E-state index contributed by atoms with van der Waals surface area (Å²) in [6, 6.07) is 10.4. The Morgan fingerprint density at radius 3 is 2.46 bits per heavy atom. The summed E-state index contributed by atoms with van der Waals surface area (Å²) >= 11 is 0. The van der Waals surface area contributed by atoms with E-state index in [0.717, 1.165) is 31.9 Å². The highest BCUT2D eigenvalue weighted by Crippen LogP contribution is 2.19. The minimum absolute atomic E-state index is 0.0685. The number of piperidine rings is 1. The zero-order valence-corrected chi connectivity index (χ0v) is 17.3. The fraction of sp³-hybridized carbons (Fsp3) is 0.550. The average Bonchev–Trinajstić information content (AvgIpc) is 2.73. The molecule has 0 radical (unpaired) electrons. The number of aliphatic imine (C=N–C) groups is 1. The van der Waals surface area contributed by atoms with E-state index in [9.17, 15) is 8.42 Å². The molecular formula is C20H30N4O3S. The molecule has 7 nitrogen and oxygen atoms in total. The van der Waals surface area contributed by atoms with E-state index in [1.54, 1.807) is 7.05 Å². The van der Waals surface area contributed by atoms with Crippen LogP contribution in [-0.4, -0.2) is 82.3 Å². The van der Waals surface area contributed by atoms with E-state index in [4.69, 9.17) is 4.74 Å². The Kier molecular flexibility index (Phi) is 7.47. The smallest absolute Gasteiger partial charge is 0.215 e. The summed E-state index contributed by atoms with van der Waals surface area (Å²) in [5.74, 6) is 0.842. The summed E-state index contributed by atoms with van der Waals surface area (Å²) in [4.78, 5) is 6.53. The van der Waals surface area contributed by atoms with Crippen molar-refractivity contribution in [3.63, 3.8) is 0 Å². The van der Waals surface area contributed by atoms with Crippen molar-refractivity contribution in [2.45, 2.75) is 12.8 Å². The van der Waals surface area contributed by atoms with Crippen molar-refractivity contribution >= 4 is 22.1 Å². The Morgan fingerprint density at radius 2 is 1.82 bits per heavy atom. The van der Waals surface area contributed by atoms with Gasteiger partial charge in [-0.15, -0.1) is 0 Å². The molecule has 1 aromatic carbocycles. The Morgan fingerprint density at radius 1 is 1.14 bits per heavy atom. The molecule has 0 aromatic heterocycles. The van der Waals surface area contributed by atoms with Gasteiger partial charge < -0.3 is 15.0 Å². The maximum Gasteiger partial charge on any atom is 0.215 e. The molecule has 0 saturated carbocycles. The van der Waals surface area contributed by atoms with Crippen LogP contribution in [-0.2, 0) is 14.8 Å². The molecule has 0 aliphatic carbocycles. The Balaban J connectivity index is 1.46. The second-order valence-corrected chi connectivity index (χ2v) is 9.09. The predicted octanol–water partition coefficient (Wildman–Crippen LogP) is 1.40. The van der Waals surface area contributed by atoms with Crippen LogP contribution in [0.5, 0.6) is 0 Å². The van der Waals surface area contributed by atoms with Gasteiger partial charge in [0, 0.05) is 39.8 Å². The van der Waals surface area contributed by atoms with Crippen molar-refractivity contribution in [2.24, 2.45) is 4.99 Å². The van der Waals surface area contributed by atoms with Gasteiger partial charge in [-0.3, -0.25) is 4.99 Å². The predicted molar refractivity (Wildman–Crippen MR) is 113 cm³/mol.